The molecule has 0 saturated heterocycles. The van der Waals surface area contributed by atoms with Crippen LogP contribution in [-0.4, -0.2) is 26.8 Å². The zero-order chi connectivity index (χ0) is 19.9. The molecule has 0 bridgehead atoms. The van der Waals surface area contributed by atoms with Crippen molar-refractivity contribution in [1.29, 1.82) is 0 Å². The van der Waals surface area contributed by atoms with Crippen molar-refractivity contribution in [1.82, 2.24) is 15.2 Å². The highest BCUT2D eigenvalue weighted by Gasteiger charge is 2.09. The van der Waals surface area contributed by atoms with Crippen LogP contribution in [0.4, 0.5) is 5.69 Å². The van der Waals surface area contributed by atoms with E-state index in [0.717, 1.165) is 11.4 Å². The number of hydrogen-bond donors (Lipinski definition) is 2. The first kappa shape index (κ1) is 19.9. The Labute approximate surface area is 169 Å². The lowest BCUT2D eigenvalue weighted by molar-refractivity contribution is -0.113. The van der Waals surface area contributed by atoms with E-state index in [2.05, 4.69) is 34.3 Å². The van der Waals surface area contributed by atoms with Crippen LogP contribution in [0, 0.1) is 6.92 Å². The summed E-state index contributed by atoms with van der Waals surface area (Å²) in [6, 6.07) is 15.7. The average molecular weight is 397 g/mol. The molecule has 0 saturated carbocycles. The molecule has 0 spiro atoms. The molecule has 6 nitrogen and oxygen atoms in total. The molecule has 7 heteroatoms. The van der Waals surface area contributed by atoms with Crippen LogP contribution in [0.2, 0.25) is 0 Å². The van der Waals surface area contributed by atoms with Crippen LogP contribution in [0.5, 0.6) is 5.75 Å². The Hall–Kier alpha value is -2.80. The number of benzene rings is 2. The summed E-state index contributed by atoms with van der Waals surface area (Å²) >= 11 is 1.28. The van der Waals surface area contributed by atoms with Crippen LogP contribution < -0.4 is 10.1 Å². The Morgan fingerprint density at radius 1 is 1.14 bits per heavy atom. The van der Waals surface area contributed by atoms with Gasteiger partial charge in [-0.2, -0.15) is 0 Å². The van der Waals surface area contributed by atoms with Crippen molar-refractivity contribution in [2.24, 2.45) is 0 Å². The molecule has 1 amide bonds. The molecule has 0 atom stereocenters. The summed E-state index contributed by atoms with van der Waals surface area (Å²) in [6.07, 6.45) is 0. The van der Waals surface area contributed by atoms with Crippen molar-refractivity contribution in [3.8, 4) is 5.75 Å². The van der Waals surface area contributed by atoms with E-state index in [9.17, 15) is 4.79 Å². The topological polar surface area (TPSA) is 79.9 Å². The third kappa shape index (κ3) is 5.85. The van der Waals surface area contributed by atoms with Crippen molar-refractivity contribution in [3.63, 3.8) is 0 Å². The van der Waals surface area contributed by atoms with Gasteiger partial charge in [0.05, 0.1) is 5.75 Å². The Morgan fingerprint density at radius 2 is 1.86 bits per heavy atom. The van der Waals surface area contributed by atoms with Gasteiger partial charge in [0.15, 0.2) is 5.82 Å². The Morgan fingerprint density at radius 3 is 2.54 bits per heavy atom. The number of H-pyrrole nitrogens is 1. The first-order valence-corrected chi connectivity index (χ1v) is 10.1. The lowest BCUT2D eigenvalue weighted by atomic mass is 10.0. The number of ether oxygens (including phenoxy) is 1. The zero-order valence-electron chi connectivity index (χ0n) is 16.2. The number of rotatable bonds is 8. The molecule has 0 aliphatic heterocycles. The van der Waals surface area contributed by atoms with Gasteiger partial charge in [-0.15, -0.1) is 5.10 Å². The number of aryl methyl sites for hydroxylation is 1. The molecule has 0 unspecified atom stereocenters. The second kappa shape index (κ2) is 9.41. The van der Waals surface area contributed by atoms with Gasteiger partial charge in [-0.3, -0.25) is 9.89 Å². The number of aromatic nitrogens is 3. The van der Waals surface area contributed by atoms with Gasteiger partial charge >= 0.3 is 0 Å². The number of anilines is 1. The zero-order valence-corrected chi connectivity index (χ0v) is 17.0. The Bertz CT molecular complexity index is 905. The lowest BCUT2D eigenvalue weighted by Gasteiger charge is -2.08. The quantitative estimate of drug-likeness (QED) is 0.546. The Balaban J connectivity index is 1.44. The smallest absolute Gasteiger partial charge is 0.234 e. The summed E-state index contributed by atoms with van der Waals surface area (Å²) < 4.78 is 5.67. The fraction of sp³-hybridized carbons (Fsp3) is 0.286. The standard InChI is InChI=1S/C21H24N4O2S/c1-14(2)16-6-8-17(9-7-16)22-20(26)13-28-21-23-19(24-25-21)12-27-18-10-4-15(3)5-11-18/h4-11,14H,12-13H2,1-3H3,(H,22,26)(H,23,24,25). The molecule has 2 N–H and O–H groups in total. The van der Waals surface area contributed by atoms with E-state index in [4.69, 9.17) is 4.74 Å². The highest BCUT2D eigenvalue weighted by Crippen LogP contribution is 2.18. The van der Waals surface area contributed by atoms with Crippen molar-refractivity contribution in [2.45, 2.75) is 38.5 Å². The predicted molar refractivity (Wildman–Crippen MR) is 112 cm³/mol. The summed E-state index contributed by atoms with van der Waals surface area (Å²) in [5, 5.41) is 10.4. The molecule has 0 fully saturated rings. The lowest BCUT2D eigenvalue weighted by Crippen LogP contribution is -2.14. The maximum Gasteiger partial charge on any atom is 0.234 e. The van der Waals surface area contributed by atoms with Gasteiger partial charge in [-0.05, 0) is 42.7 Å². The molecule has 0 aliphatic carbocycles. The average Bonchev–Trinajstić information content (AvgIpc) is 3.14. The van der Waals surface area contributed by atoms with Crippen LogP contribution in [0.15, 0.2) is 53.7 Å². The molecule has 146 valence electrons. The fourth-order valence-corrected chi connectivity index (χ4v) is 3.09. The van der Waals surface area contributed by atoms with Crippen molar-refractivity contribution < 1.29 is 9.53 Å². The molecule has 1 aromatic heterocycles. The maximum absolute atomic E-state index is 12.1. The number of thioether (sulfide) groups is 1. The molecule has 3 rings (SSSR count). The van der Waals surface area contributed by atoms with E-state index in [1.165, 1.54) is 22.9 Å². The fourth-order valence-electron chi connectivity index (χ4n) is 2.47. The van der Waals surface area contributed by atoms with Crippen LogP contribution in [0.3, 0.4) is 0 Å². The van der Waals surface area contributed by atoms with Crippen LogP contribution in [0.1, 0.15) is 36.7 Å². The van der Waals surface area contributed by atoms with Gasteiger partial charge in [0.2, 0.25) is 11.1 Å². The number of hydrogen-bond acceptors (Lipinski definition) is 5. The minimum atomic E-state index is -0.0930. The van der Waals surface area contributed by atoms with E-state index < -0.39 is 0 Å². The number of carbonyl (C=O) groups excluding carboxylic acids is 1. The first-order valence-electron chi connectivity index (χ1n) is 9.13. The SMILES string of the molecule is Cc1ccc(OCc2nc(SCC(=O)Nc3ccc(C(C)C)cc3)n[nH]2)cc1. The van der Waals surface area contributed by atoms with E-state index in [1.54, 1.807) is 0 Å². The summed E-state index contributed by atoms with van der Waals surface area (Å²) in [6.45, 7) is 6.61. The molecular formula is C21H24N4O2S. The second-order valence-corrected chi connectivity index (χ2v) is 7.72. The molecular weight excluding hydrogens is 372 g/mol. The summed E-state index contributed by atoms with van der Waals surface area (Å²) in [5.74, 6) is 2.01. The summed E-state index contributed by atoms with van der Waals surface area (Å²) in [7, 11) is 0. The number of nitrogens with zero attached hydrogens (tertiary/aromatic N) is 2. The van der Waals surface area contributed by atoms with Crippen LogP contribution >= 0.6 is 11.8 Å². The Kier molecular flexibility index (Phi) is 6.71. The summed E-state index contributed by atoms with van der Waals surface area (Å²) in [5.41, 5.74) is 3.21. The van der Waals surface area contributed by atoms with Gasteiger partial charge in [0, 0.05) is 5.69 Å². The van der Waals surface area contributed by atoms with Gasteiger partial charge < -0.3 is 10.1 Å². The van der Waals surface area contributed by atoms with Crippen LogP contribution in [0.25, 0.3) is 0 Å². The van der Waals surface area contributed by atoms with Crippen LogP contribution in [-0.2, 0) is 11.4 Å². The molecule has 0 radical (unpaired) electrons. The summed E-state index contributed by atoms with van der Waals surface area (Å²) in [4.78, 5) is 16.5. The number of aromatic amines is 1. The van der Waals surface area contributed by atoms with E-state index in [-0.39, 0.29) is 11.7 Å². The predicted octanol–water partition coefficient (Wildman–Crippen LogP) is 4.55. The largest absolute Gasteiger partial charge is 0.486 e. The van der Waals surface area contributed by atoms with E-state index >= 15 is 0 Å². The monoisotopic (exact) mass is 396 g/mol. The molecule has 28 heavy (non-hydrogen) atoms. The third-order valence-corrected chi connectivity index (χ3v) is 4.95. The van der Waals surface area contributed by atoms with Gasteiger partial charge in [-0.25, -0.2) is 4.98 Å². The molecule has 3 aromatic rings. The highest BCUT2D eigenvalue weighted by molar-refractivity contribution is 7.99. The van der Waals surface area contributed by atoms with Crippen molar-refractivity contribution in [2.75, 3.05) is 11.1 Å². The molecule has 2 aromatic carbocycles. The number of nitrogens with one attached hydrogen (secondary N) is 2. The third-order valence-electron chi connectivity index (χ3n) is 4.10. The molecule has 0 aliphatic rings. The van der Waals surface area contributed by atoms with E-state index in [0.29, 0.717) is 23.5 Å². The number of amides is 1. The highest BCUT2D eigenvalue weighted by atomic mass is 32.2. The van der Waals surface area contributed by atoms with Gasteiger partial charge in [0.1, 0.15) is 12.4 Å². The number of carbonyl (C=O) groups is 1. The normalized spacial score (nSPS) is 10.9. The van der Waals surface area contributed by atoms with Crippen molar-refractivity contribution in [3.05, 3.63) is 65.5 Å². The minimum Gasteiger partial charge on any atom is -0.486 e. The maximum atomic E-state index is 12.1. The van der Waals surface area contributed by atoms with Gasteiger partial charge in [-0.1, -0.05) is 55.4 Å². The second-order valence-electron chi connectivity index (χ2n) is 6.78. The van der Waals surface area contributed by atoms with E-state index in [1.807, 2.05) is 55.5 Å². The first-order chi connectivity index (χ1) is 13.5. The molecule has 1 heterocycles. The van der Waals surface area contributed by atoms with Crippen molar-refractivity contribution >= 4 is 23.4 Å². The van der Waals surface area contributed by atoms with Gasteiger partial charge in [0.25, 0.3) is 0 Å². The minimum absolute atomic E-state index is 0.0930.